The second-order valence-electron chi connectivity index (χ2n) is 6.10. The van der Waals surface area contributed by atoms with Crippen LogP contribution in [0, 0.1) is 13.5 Å². The average Bonchev–Trinajstić information content (AvgIpc) is 2.40. The van der Waals surface area contributed by atoms with Crippen molar-refractivity contribution < 1.29 is 7.31 Å². The molecule has 1 aromatic carbocycles. The minimum Gasteiger partial charge on any atom is -0.238 e. The average molecular weight is 283 g/mol. The molecular weight excluding hydrogens is 260 g/mol. The standard InChI is InChI=1S/C17H21N2Si/c1-13-7-8-14(18-2)11-16(13)17-10-9-15(12-19(17)3)20(4,5)6/h7-12H,1,3-6H3/q+1/i8D,9D. The fraction of sp³-hybridized carbons (Fsp3) is 0.294. The normalized spacial score (nSPS) is 12.6. The quantitative estimate of drug-likeness (QED) is 0.452. The largest absolute Gasteiger partial charge is 0.238 e. The van der Waals surface area contributed by atoms with E-state index >= 15 is 0 Å². The number of pyridine rings is 1. The molecule has 2 rings (SSSR count). The lowest BCUT2D eigenvalue weighted by Gasteiger charge is -2.15. The Morgan fingerprint density at radius 1 is 1.25 bits per heavy atom. The molecule has 0 aliphatic heterocycles. The van der Waals surface area contributed by atoms with Gasteiger partial charge >= 0.3 is 0 Å². The fourth-order valence-corrected chi connectivity index (χ4v) is 3.21. The molecule has 0 amide bonds. The highest BCUT2D eigenvalue weighted by molar-refractivity contribution is 6.88. The summed E-state index contributed by atoms with van der Waals surface area (Å²) in [6.07, 6.45) is 2.05. The van der Waals surface area contributed by atoms with Crippen LogP contribution in [0.3, 0.4) is 0 Å². The van der Waals surface area contributed by atoms with Crippen molar-refractivity contribution in [3.05, 3.63) is 53.5 Å². The SMILES string of the molecule is [2H]c1cc(C)c(-c2cc([2H])c([Si](C)(C)C)c[n+]2C)cc1[N+]#[C-]. The number of rotatable bonds is 2. The molecule has 0 saturated heterocycles. The third-order valence-electron chi connectivity index (χ3n) is 3.41. The van der Waals surface area contributed by atoms with Gasteiger partial charge in [0.05, 0.1) is 16.0 Å². The number of hydrogen-bond acceptors (Lipinski definition) is 0. The van der Waals surface area contributed by atoms with Crippen LogP contribution >= 0.6 is 0 Å². The van der Waals surface area contributed by atoms with Gasteiger partial charge in [0.25, 0.3) is 0 Å². The number of aryl methyl sites for hydroxylation is 2. The molecule has 0 saturated carbocycles. The smallest absolute Gasteiger partial charge is 0.211 e. The van der Waals surface area contributed by atoms with E-state index in [0.29, 0.717) is 11.7 Å². The summed E-state index contributed by atoms with van der Waals surface area (Å²) >= 11 is 0. The van der Waals surface area contributed by atoms with Crippen molar-refractivity contribution in [3.8, 4) is 11.3 Å². The minimum atomic E-state index is -1.56. The molecule has 2 aromatic rings. The Hall–Kier alpha value is -1.92. The van der Waals surface area contributed by atoms with E-state index in [1.807, 2.05) is 24.6 Å². The van der Waals surface area contributed by atoms with Gasteiger partial charge in [0.1, 0.15) is 7.05 Å². The monoisotopic (exact) mass is 283 g/mol. The summed E-state index contributed by atoms with van der Waals surface area (Å²) in [5, 5.41) is 1.12. The molecule has 2 nitrogen and oxygen atoms in total. The van der Waals surface area contributed by atoms with Gasteiger partial charge in [-0.25, -0.2) is 9.41 Å². The molecule has 0 aliphatic rings. The third-order valence-corrected chi connectivity index (χ3v) is 5.30. The van der Waals surface area contributed by atoms with Crippen LogP contribution in [0.4, 0.5) is 5.69 Å². The number of benzene rings is 1. The first-order valence-electron chi connectivity index (χ1n) is 7.65. The van der Waals surface area contributed by atoms with E-state index in [-0.39, 0.29) is 6.04 Å². The second kappa shape index (κ2) is 5.22. The van der Waals surface area contributed by atoms with Crippen molar-refractivity contribution in [2.45, 2.75) is 26.6 Å². The molecule has 0 unspecified atom stereocenters. The Balaban J connectivity index is 2.70. The number of nitrogens with zero attached hydrogens (tertiary/aromatic N) is 2. The van der Waals surface area contributed by atoms with Crippen molar-refractivity contribution in [2.75, 3.05) is 0 Å². The zero-order valence-corrected chi connectivity index (χ0v) is 13.7. The van der Waals surface area contributed by atoms with Crippen molar-refractivity contribution in [3.63, 3.8) is 0 Å². The molecule has 3 heteroatoms. The highest BCUT2D eigenvalue weighted by atomic mass is 28.3. The maximum Gasteiger partial charge on any atom is 0.211 e. The summed E-state index contributed by atoms with van der Waals surface area (Å²) in [5.41, 5.74) is 3.13. The van der Waals surface area contributed by atoms with Crippen LogP contribution in [0.1, 0.15) is 8.30 Å². The van der Waals surface area contributed by atoms with Crippen LogP contribution in [-0.2, 0) is 7.05 Å². The number of aromatic nitrogens is 1. The third kappa shape index (κ3) is 2.81. The van der Waals surface area contributed by atoms with Gasteiger partial charge in [-0.2, -0.15) is 0 Å². The highest BCUT2D eigenvalue weighted by Crippen LogP contribution is 2.25. The van der Waals surface area contributed by atoms with Crippen LogP contribution < -0.4 is 9.75 Å². The van der Waals surface area contributed by atoms with Crippen LogP contribution in [-0.4, -0.2) is 8.07 Å². The minimum absolute atomic E-state index is 0.253. The van der Waals surface area contributed by atoms with Crippen molar-refractivity contribution in [1.82, 2.24) is 0 Å². The maximum absolute atomic E-state index is 8.35. The molecule has 1 heterocycles. The first-order valence-corrected chi connectivity index (χ1v) is 10.1. The van der Waals surface area contributed by atoms with Gasteiger partial charge < -0.3 is 0 Å². The molecule has 102 valence electrons. The summed E-state index contributed by atoms with van der Waals surface area (Å²) in [6.45, 7) is 15.8. The van der Waals surface area contributed by atoms with Gasteiger partial charge in [0.15, 0.2) is 11.9 Å². The Morgan fingerprint density at radius 2 is 1.95 bits per heavy atom. The zero-order chi connectivity index (χ0) is 16.7. The van der Waals surface area contributed by atoms with Crippen LogP contribution in [0.5, 0.6) is 0 Å². The lowest BCUT2D eigenvalue weighted by Crippen LogP contribution is -2.44. The number of hydrogen-bond donors (Lipinski definition) is 0. The first-order chi connectivity index (χ1) is 10.1. The van der Waals surface area contributed by atoms with E-state index in [1.165, 1.54) is 0 Å². The summed E-state index contributed by atoms with van der Waals surface area (Å²) in [6, 6.07) is 6.18. The Kier molecular flexibility index (Phi) is 3.10. The van der Waals surface area contributed by atoms with E-state index in [4.69, 9.17) is 9.31 Å². The molecule has 0 fully saturated rings. The lowest BCUT2D eigenvalue weighted by molar-refractivity contribution is -0.659. The van der Waals surface area contributed by atoms with Crippen LogP contribution in [0.25, 0.3) is 16.1 Å². The summed E-state index contributed by atoms with van der Waals surface area (Å²) in [5.74, 6) is 0. The van der Waals surface area contributed by atoms with E-state index in [9.17, 15) is 0 Å². The van der Waals surface area contributed by atoms with E-state index < -0.39 is 8.07 Å². The predicted octanol–water partition coefficient (Wildman–Crippen LogP) is 3.58. The van der Waals surface area contributed by atoms with Gasteiger partial charge in [-0.05, 0) is 18.6 Å². The Morgan fingerprint density at radius 3 is 2.55 bits per heavy atom. The molecule has 0 atom stereocenters. The fourth-order valence-electron chi connectivity index (χ4n) is 2.12. The topological polar surface area (TPSA) is 8.24 Å². The zero-order valence-electron chi connectivity index (χ0n) is 14.7. The molecule has 0 radical (unpaired) electrons. The Bertz CT molecular complexity index is 787. The van der Waals surface area contributed by atoms with Crippen molar-refractivity contribution in [1.29, 1.82) is 0 Å². The van der Waals surface area contributed by atoms with Crippen molar-refractivity contribution >= 4 is 18.9 Å². The van der Waals surface area contributed by atoms with Crippen LogP contribution in [0.2, 0.25) is 19.6 Å². The molecule has 0 aliphatic carbocycles. The van der Waals surface area contributed by atoms with E-state index in [2.05, 4.69) is 30.7 Å². The maximum atomic E-state index is 8.35. The van der Waals surface area contributed by atoms with E-state index in [1.54, 1.807) is 12.1 Å². The van der Waals surface area contributed by atoms with Gasteiger partial charge in [-0.1, -0.05) is 37.8 Å². The molecule has 0 bridgehead atoms. The predicted molar refractivity (Wildman–Crippen MR) is 87.0 cm³/mol. The summed E-state index contributed by atoms with van der Waals surface area (Å²) < 4.78 is 18.2. The van der Waals surface area contributed by atoms with Crippen molar-refractivity contribution in [2.24, 2.45) is 7.05 Å². The van der Waals surface area contributed by atoms with Gasteiger partial charge in [0.2, 0.25) is 5.69 Å². The molecule has 0 spiro atoms. The first kappa shape index (κ1) is 11.9. The van der Waals surface area contributed by atoms with Gasteiger partial charge in [-0.3, -0.25) is 0 Å². The van der Waals surface area contributed by atoms with Crippen LogP contribution in [0.15, 0.2) is 36.5 Å². The van der Waals surface area contributed by atoms with Gasteiger partial charge in [-0.15, -0.1) is 0 Å². The molecule has 0 N–H and O–H groups in total. The van der Waals surface area contributed by atoms with Gasteiger partial charge in [0, 0.05) is 18.2 Å². The second-order valence-corrected chi connectivity index (χ2v) is 11.1. The molecule has 1 aromatic heterocycles. The molecular formula is C17H21N2Si+. The highest BCUT2D eigenvalue weighted by Gasteiger charge is 2.21. The Labute approximate surface area is 125 Å². The molecule has 20 heavy (non-hydrogen) atoms. The summed E-state index contributed by atoms with van der Waals surface area (Å²) in [7, 11) is 0.416. The lowest BCUT2D eigenvalue weighted by atomic mass is 10.0. The van der Waals surface area contributed by atoms with E-state index in [0.717, 1.165) is 22.0 Å². The summed E-state index contributed by atoms with van der Waals surface area (Å²) in [4.78, 5) is 3.42.